The van der Waals surface area contributed by atoms with Crippen LogP contribution in [0.25, 0.3) is 0 Å². The predicted molar refractivity (Wildman–Crippen MR) is 80.3 cm³/mol. The van der Waals surface area contributed by atoms with Crippen LogP contribution in [0.5, 0.6) is 0 Å². The number of nitrogens with zero attached hydrogens (tertiary/aromatic N) is 4. The second-order valence-corrected chi connectivity index (χ2v) is 5.72. The summed E-state index contributed by atoms with van der Waals surface area (Å²) in [6, 6.07) is 3.84. The molecule has 1 aliphatic heterocycles. The zero-order chi connectivity index (χ0) is 15.7. The maximum Gasteiger partial charge on any atom is 0.272 e. The maximum atomic E-state index is 14.1. The summed E-state index contributed by atoms with van der Waals surface area (Å²) in [5.41, 5.74) is 1.41. The summed E-state index contributed by atoms with van der Waals surface area (Å²) >= 11 is 0. The first-order valence-corrected chi connectivity index (χ1v) is 7.19. The summed E-state index contributed by atoms with van der Waals surface area (Å²) in [4.78, 5) is 12.0. The Balaban J connectivity index is 1.68. The molecule has 116 valence electrons. The normalized spacial score (nSPS) is 17.9. The minimum absolute atomic E-state index is 0.215. The van der Waals surface area contributed by atoms with E-state index in [0.717, 1.165) is 32.0 Å². The van der Waals surface area contributed by atoms with Crippen LogP contribution in [0, 0.1) is 21.8 Å². The van der Waals surface area contributed by atoms with Gasteiger partial charge in [-0.05, 0) is 30.4 Å². The highest BCUT2D eigenvalue weighted by atomic mass is 19.1. The van der Waals surface area contributed by atoms with Gasteiger partial charge in [0.2, 0.25) is 0 Å². The average molecular weight is 304 g/mol. The fraction of sp³-hybridized carbons (Fsp3) is 0.400. The molecule has 1 fully saturated rings. The van der Waals surface area contributed by atoms with Gasteiger partial charge in [-0.15, -0.1) is 0 Å². The van der Waals surface area contributed by atoms with E-state index in [1.54, 1.807) is 4.68 Å². The molecule has 2 heterocycles. The number of aromatic nitrogens is 2. The Labute approximate surface area is 127 Å². The molecule has 3 rings (SSSR count). The van der Waals surface area contributed by atoms with Gasteiger partial charge >= 0.3 is 0 Å². The molecule has 2 aromatic rings. The molecular formula is C15H17FN4O2. The monoisotopic (exact) mass is 304 g/mol. The summed E-state index contributed by atoms with van der Waals surface area (Å²) in [6.45, 7) is 1.52. The molecule has 1 unspecified atom stereocenters. The van der Waals surface area contributed by atoms with Crippen molar-refractivity contribution >= 4 is 11.4 Å². The van der Waals surface area contributed by atoms with Crippen molar-refractivity contribution in [3.05, 3.63) is 52.1 Å². The largest absolute Gasteiger partial charge is 0.369 e. The molecule has 0 spiro atoms. The molecule has 0 N–H and O–H groups in total. The number of hydrogen-bond donors (Lipinski definition) is 0. The van der Waals surface area contributed by atoms with Crippen LogP contribution in [0.2, 0.25) is 0 Å². The molecule has 1 aromatic carbocycles. The molecule has 1 aliphatic rings. The van der Waals surface area contributed by atoms with Gasteiger partial charge in [-0.2, -0.15) is 5.10 Å². The molecule has 1 atom stereocenters. The first-order chi connectivity index (χ1) is 10.5. The van der Waals surface area contributed by atoms with E-state index in [-0.39, 0.29) is 5.69 Å². The standard InChI is InChI=1S/C15H17FN4O2/c1-18-9-12(8-17-18)6-11-4-5-19(10-11)15-3-2-13(20(21)22)7-14(15)16/h2-3,7-9,11H,4-6,10H2,1H3. The molecule has 7 heteroatoms. The summed E-state index contributed by atoms with van der Waals surface area (Å²) in [6.07, 6.45) is 5.74. The van der Waals surface area contributed by atoms with Gasteiger partial charge in [0.25, 0.3) is 5.69 Å². The van der Waals surface area contributed by atoms with Crippen LogP contribution in [0.1, 0.15) is 12.0 Å². The van der Waals surface area contributed by atoms with Gasteiger partial charge in [0, 0.05) is 32.4 Å². The summed E-state index contributed by atoms with van der Waals surface area (Å²) in [5.74, 6) is -0.0879. The van der Waals surface area contributed by atoms with Crippen molar-refractivity contribution in [1.82, 2.24) is 9.78 Å². The van der Waals surface area contributed by atoms with Crippen molar-refractivity contribution in [3.63, 3.8) is 0 Å². The van der Waals surface area contributed by atoms with Gasteiger partial charge in [0.1, 0.15) is 0 Å². The Morgan fingerprint density at radius 2 is 2.32 bits per heavy atom. The average Bonchev–Trinajstić information content (AvgIpc) is 3.08. The topological polar surface area (TPSA) is 64.2 Å². The van der Waals surface area contributed by atoms with Gasteiger partial charge in [-0.3, -0.25) is 14.8 Å². The van der Waals surface area contributed by atoms with Crippen LogP contribution >= 0.6 is 0 Å². The second-order valence-electron chi connectivity index (χ2n) is 5.72. The SMILES string of the molecule is Cn1cc(CC2CCN(c3ccc([N+](=O)[O-])cc3F)C2)cn1. The Kier molecular flexibility index (Phi) is 3.79. The van der Waals surface area contributed by atoms with Gasteiger partial charge < -0.3 is 4.90 Å². The minimum atomic E-state index is -0.581. The number of nitro benzene ring substituents is 1. The van der Waals surface area contributed by atoms with Crippen LogP contribution in [0.4, 0.5) is 15.8 Å². The number of rotatable bonds is 4. The van der Waals surface area contributed by atoms with Crippen molar-refractivity contribution in [2.75, 3.05) is 18.0 Å². The predicted octanol–water partition coefficient (Wildman–Crippen LogP) is 2.54. The minimum Gasteiger partial charge on any atom is -0.369 e. The molecule has 6 nitrogen and oxygen atoms in total. The highest BCUT2D eigenvalue weighted by molar-refractivity contribution is 5.53. The van der Waals surface area contributed by atoms with Crippen LogP contribution in [0.3, 0.4) is 0 Å². The van der Waals surface area contributed by atoms with E-state index in [2.05, 4.69) is 5.10 Å². The maximum absolute atomic E-state index is 14.1. The van der Waals surface area contributed by atoms with Gasteiger partial charge in [0.05, 0.1) is 22.9 Å². The molecule has 1 aromatic heterocycles. The number of aryl methyl sites for hydroxylation is 1. The van der Waals surface area contributed by atoms with Crippen molar-refractivity contribution in [1.29, 1.82) is 0 Å². The van der Waals surface area contributed by atoms with E-state index in [4.69, 9.17) is 0 Å². The van der Waals surface area contributed by atoms with Crippen molar-refractivity contribution < 1.29 is 9.31 Å². The second kappa shape index (κ2) is 5.75. The lowest BCUT2D eigenvalue weighted by Gasteiger charge is -2.19. The number of benzene rings is 1. The fourth-order valence-corrected chi connectivity index (χ4v) is 2.99. The van der Waals surface area contributed by atoms with Crippen LogP contribution in [-0.4, -0.2) is 27.8 Å². The highest BCUT2D eigenvalue weighted by Crippen LogP contribution is 2.30. The van der Waals surface area contributed by atoms with Crippen LogP contribution in [-0.2, 0) is 13.5 Å². The van der Waals surface area contributed by atoms with Crippen molar-refractivity contribution in [2.24, 2.45) is 13.0 Å². The lowest BCUT2D eigenvalue weighted by atomic mass is 10.0. The van der Waals surface area contributed by atoms with E-state index in [1.165, 1.54) is 17.7 Å². The quantitative estimate of drug-likeness (QED) is 0.643. The highest BCUT2D eigenvalue weighted by Gasteiger charge is 2.25. The summed E-state index contributed by atoms with van der Waals surface area (Å²) < 4.78 is 15.8. The number of anilines is 1. The molecule has 1 saturated heterocycles. The van der Waals surface area contributed by atoms with E-state index < -0.39 is 10.7 Å². The number of non-ortho nitro benzene ring substituents is 1. The summed E-state index contributed by atoms with van der Waals surface area (Å²) in [5, 5.41) is 14.8. The van der Waals surface area contributed by atoms with E-state index in [9.17, 15) is 14.5 Å². The Morgan fingerprint density at radius 1 is 1.50 bits per heavy atom. The molecule has 0 radical (unpaired) electrons. The molecule has 0 saturated carbocycles. The molecule has 0 aliphatic carbocycles. The zero-order valence-electron chi connectivity index (χ0n) is 12.3. The van der Waals surface area contributed by atoms with E-state index in [1.807, 2.05) is 24.3 Å². The van der Waals surface area contributed by atoms with E-state index in [0.29, 0.717) is 11.6 Å². The number of halogens is 1. The lowest BCUT2D eigenvalue weighted by molar-refractivity contribution is -0.385. The number of nitro groups is 1. The van der Waals surface area contributed by atoms with Gasteiger partial charge in [0.15, 0.2) is 5.82 Å². The Bertz CT molecular complexity index is 701. The van der Waals surface area contributed by atoms with Crippen LogP contribution in [0.15, 0.2) is 30.6 Å². The molecule has 22 heavy (non-hydrogen) atoms. The smallest absolute Gasteiger partial charge is 0.272 e. The lowest BCUT2D eigenvalue weighted by Crippen LogP contribution is -2.21. The molecule has 0 amide bonds. The third-order valence-electron chi connectivity index (χ3n) is 4.05. The van der Waals surface area contributed by atoms with Crippen LogP contribution < -0.4 is 4.90 Å². The van der Waals surface area contributed by atoms with Crippen molar-refractivity contribution in [2.45, 2.75) is 12.8 Å². The summed E-state index contributed by atoms with van der Waals surface area (Å²) in [7, 11) is 1.89. The first-order valence-electron chi connectivity index (χ1n) is 7.19. The zero-order valence-corrected chi connectivity index (χ0v) is 12.3. The van der Waals surface area contributed by atoms with Crippen molar-refractivity contribution in [3.8, 4) is 0 Å². The van der Waals surface area contributed by atoms with E-state index >= 15 is 0 Å². The van der Waals surface area contributed by atoms with Gasteiger partial charge in [-0.1, -0.05) is 0 Å². The first kappa shape index (κ1) is 14.5. The third kappa shape index (κ3) is 2.93. The Morgan fingerprint density at radius 3 is 2.95 bits per heavy atom. The Hall–Kier alpha value is -2.44. The number of hydrogen-bond acceptors (Lipinski definition) is 4. The third-order valence-corrected chi connectivity index (χ3v) is 4.05. The molecule has 0 bridgehead atoms. The van der Waals surface area contributed by atoms with Gasteiger partial charge in [-0.25, -0.2) is 4.39 Å². The fourth-order valence-electron chi connectivity index (χ4n) is 2.99. The molecular weight excluding hydrogens is 287 g/mol.